The standard InChI is InChI=1S/C21H21ClN2O6/c1-28-14-5-6-16(15(10-14)21(27)30-3)23-20(26)12-8-19(25)24(11-12)17-9-13(22)4-7-18(17)29-2/h4-7,9-10,12H,8,11H2,1-3H3,(H,23,26). The molecule has 2 aromatic rings. The fourth-order valence-electron chi connectivity index (χ4n) is 3.26. The summed E-state index contributed by atoms with van der Waals surface area (Å²) in [5, 5.41) is 3.17. The average molecular weight is 433 g/mol. The summed E-state index contributed by atoms with van der Waals surface area (Å²) < 4.78 is 15.2. The molecule has 3 rings (SSSR count). The Balaban J connectivity index is 1.81. The number of methoxy groups -OCH3 is 3. The SMILES string of the molecule is COC(=O)c1cc(OC)ccc1NC(=O)C1CC(=O)N(c2cc(Cl)ccc2OC)C1. The zero-order valence-electron chi connectivity index (χ0n) is 16.7. The van der Waals surface area contributed by atoms with Crippen molar-refractivity contribution in [3.8, 4) is 11.5 Å². The molecule has 0 spiro atoms. The molecule has 30 heavy (non-hydrogen) atoms. The minimum atomic E-state index is -0.617. The smallest absolute Gasteiger partial charge is 0.340 e. The van der Waals surface area contributed by atoms with Crippen molar-refractivity contribution in [2.45, 2.75) is 6.42 Å². The second-order valence-corrected chi connectivity index (χ2v) is 7.05. The summed E-state index contributed by atoms with van der Waals surface area (Å²) >= 11 is 6.06. The summed E-state index contributed by atoms with van der Waals surface area (Å²) in [5.74, 6) is -0.910. The van der Waals surface area contributed by atoms with Crippen LogP contribution >= 0.6 is 11.6 Å². The third-order valence-corrected chi connectivity index (χ3v) is 5.05. The van der Waals surface area contributed by atoms with Crippen LogP contribution in [0.1, 0.15) is 16.8 Å². The van der Waals surface area contributed by atoms with Crippen LogP contribution in [-0.4, -0.2) is 45.7 Å². The van der Waals surface area contributed by atoms with E-state index in [0.29, 0.717) is 22.2 Å². The number of ether oxygens (including phenoxy) is 3. The fourth-order valence-corrected chi connectivity index (χ4v) is 3.43. The maximum Gasteiger partial charge on any atom is 0.340 e. The predicted octanol–water partition coefficient (Wildman–Crippen LogP) is 3.14. The van der Waals surface area contributed by atoms with Gasteiger partial charge in [0.05, 0.1) is 44.2 Å². The second-order valence-electron chi connectivity index (χ2n) is 6.61. The summed E-state index contributed by atoms with van der Waals surface area (Å²) in [6, 6.07) is 9.59. The number of rotatable bonds is 6. The Labute approximate surface area is 178 Å². The molecular weight excluding hydrogens is 412 g/mol. The minimum absolute atomic E-state index is 0.0191. The van der Waals surface area contributed by atoms with Crippen LogP contribution in [-0.2, 0) is 14.3 Å². The van der Waals surface area contributed by atoms with Gasteiger partial charge in [-0.1, -0.05) is 11.6 Å². The van der Waals surface area contributed by atoms with E-state index >= 15 is 0 Å². The third-order valence-electron chi connectivity index (χ3n) is 4.82. The van der Waals surface area contributed by atoms with Crippen molar-refractivity contribution in [3.63, 3.8) is 0 Å². The Morgan fingerprint density at radius 2 is 1.87 bits per heavy atom. The van der Waals surface area contributed by atoms with Gasteiger partial charge in [-0.25, -0.2) is 4.79 Å². The molecule has 1 heterocycles. The van der Waals surface area contributed by atoms with Crippen LogP contribution in [0.3, 0.4) is 0 Å². The van der Waals surface area contributed by atoms with E-state index in [4.69, 9.17) is 25.8 Å². The third kappa shape index (κ3) is 4.33. The van der Waals surface area contributed by atoms with Crippen LogP contribution in [0.15, 0.2) is 36.4 Å². The van der Waals surface area contributed by atoms with Crippen LogP contribution in [0.2, 0.25) is 5.02 Å². The zero-order chi connectivity index (χ0) is 21.8. The number of hydrogen-bond donors (Lipinski definition) is 1. The van der Waals surface area contributed by atoms with Crippen LogP contribution in [0.25, 0.3) is 0 Å². The first kappa shape index (κ1) is 21.4. The normalized spacial score (nSPS) is 15.7. The Hall–Kier alpha value is -3.26. The molecule has 1 N–H and O–H groups in total. The van der Waals surface area contributed by atoms with Gasteiger partial charge in [0, 0.05) is 18.0 Å². The highest BCUT2D eigenvalue weighted by Crippen LogP contribution is 2.35. The molecule has 0 saturated carbocycles. The van der Waals surface area contributed by atoms with Gasteiger partial charge in [-0.05, 0) is 36.4 Å². The van der Waals surface area contributed by atoms with E-state index in [2.05, 4.69) is 5.32 Å². The lowest BCUT2D eigenvalue weighted by atomic mass is 10.1. The fraction of sp³-hybridized carbons (Fsp3) is 0.286. The molecule has 0 bridgehead atoms. The van der Waals surface area contributed by atoms with Crippen molar-refractivity contribution in [2.24, 2.45) is 5.92 Å². The van der Waals surface area contributed by atoms with Crippen molar-refractivity contribution in [2.75, 3.05) is 38.1 Å². The van der Waals surface area contributed by atoms with Crippen molar-refractivity contribution < 1.29 is 28.6 Å². The van der Waals surface area contributed by atoms with Crippen molar-refractivity contribution in [1.82, 2.24) is 0 Å². The Kier molecular flexibility index (Phi) is 6.47. The van der Waals surface area contributed by atoms with Gasteiger partial charge in [-0.3, -0.25) is 9.59 Å². The molecule has 1 aliphatic rings. The molecular formula is C21H21ClN2O6. The van der Waals surface area contributed by atoms with Gasteiger partial charge >= 0.3 is 5.97 Å². The number of benzene rings is 2. The largest absolute Gasteiger partial charge is 0.497 e. The first-order valence-corrected chi connectivity index (χ1v) is 9.46. The van der Waals surface area contributed by atoms with E-state index in [1.807, 2.05) is 0 Å². The second kappa shape index (κ2) is 9.04. The summed E-state index contributed by atoms with van der Waals surface area (Å²) in [7, 11) is 4.21. The Morgan fingerprint density at radius 3 is 2.53 bits per heavy atom. The van der Waals surface area contributed by atoms with Crippen molar-refractivity contribution in [3.05, 3.63) is 47.0 Å². The zero-order valence-corrected chi connectivity index (χ0v) is 17.5. The maximum atomic E-state index is 12.8. The monoisotopic (exact) mass is 432 g/mol. The molecule has 1 atom stereocenters. The summed E-state index contributed by atoms with van der Waals surface area (Å²) in [6.45, 7) is 0.158. The van der Waals surface area contributed by atoms with Crippen molar-refractivity contribution in [1.29, 1.82) is 0 Å². The topological polar surface area (TPSA) is 94.2 Å². The molecule has 1 fully saturated rings. The van der Waals surface area contributed by atoms with Crippen LogP contribution < -0.4 is 19.7 Å². The minimum Gasteiger partial charge on any atom is -0.497 e. The van der Waals surface area contributed by atoms with E-state index in [9.17, 15) is 14.4 Å². The van der Waals surface area contributed by atoms with Gasteiger partial charge < -0.3 is 24.4 Å². The molecule has 1 aliphatic heterocycles. The average Bonchev–Trinajstić information content (AvgIpc) is 3.15. The molecule has 8 nitrogen and oxygen atoms in total. The molecule has 1 unspecified atom stereocenters. The first-order chi connectivity index (χ1) is 14.4. The van der Waals surface area contributed by atoms with Gasteiger partial charge in [-0.15, -0.1) is 0 Å². The van der Waals surface area contributed by atoms with Gasteiger partial charge in [0.25, 0.3) is 0 Å². The number of esters is 1. The first-order valence-electron chi connectivity index (χ1n) is 9.09. The number of amides is 2. The van der Waals surface area contributed by atoms with Crippen molar-refractivity contribution >= 4 is 40.8 Å². The summed E-state index contributed by atoms with van der Waals surface area (Å²) in [6.07, 6.45) is 0.0191. The number of carbonyl (C=O) groups is 3. The number of halogens is 1. The number of nitrogens with zero attached hydrogens (tertiary/aromatic N) is 1. The summed E-state index contributed by atoms with van der Waals surface area (Å²) in [4.78, 5) is 39.0. The Bertz CT molecular complexity index is 993. The Morgan fingerprint density at radius 1 is 1.10 bits per heavy atom. The van der Waals surface area contributed by atoms with E-state index in [1.165, 1.54) is 32.3 Å². The molecule has 1 saturated heterocycles. The number of carbonyl (C=O) groups excluding carboxylic acids is 3. The highest BCUT2D eigenvalue weighted by atomic mass is 35.5. The lowest BCUT2D eigenvalue weighted by molar-refractivity contribution is -0.122. The molecule has 2 amide bonds. The summed E-state index contributed by atoms with van der Waals surface area (Å²) in [5.41, 5.74) is 0.937. The molecule has 0 aliphatic carbocycles. The highest BCUT2D eigenvalue weighted by Gasteiger charge is 2.36. The predicted molar refractivity (Wildman–Crippen MR) is 111 cm³/mol. The van der Waals surface area contributed by atoms with Gasteiger partial charge in [0.15, 0.2) is 0 Å². The molecule has 0 aromatic heterocycles. The van der Waals surface area contributed by atoms with E-state index in [0.717, 1.165) is 0 Å². The van der Waals surface area contributed by atoms with Crippen LogP contribution in [0.4, 0.5) is 11.4 Å². The molecule has 0 radical (unpaired) electrons. The van der Waals surface area contributed by atoms with Crippen LogP contribution in [0.5, 0.6) is 11.5 Å². The lowest BCUT2D eigenvalue weighted by Crippen LogP contribution is -2.28. The van der Waals surface area contributed by atoms with Gasteiger partial charge in [0.1, 0.15) is 11.5 Å². The van der Waals surface area contributed by atoms with Gasteiger partial charge in [-0.2, -0.15) is 0 Å². The van der Waals surface area contributed by atoms with E-state index < -0.39 is 11.9 Å². The molecule has 2 aromatic carbocycles. The quantitative estimate of drug-likeness (QED) is 0.705. The number of hydrogen-bond acceptors (Lipinski definition) is 6. The number of anilines is 2. The highest BCUT2D eigenvalue weighted by molar-refractivity contribution is 6.31. The molecule has 158 valence electrons. The van der Waals surface area contributed by atoms with Gasteiger partial charge in [0.2, 0.25) is 11.8 Å². The maximum absolute atomic E-state index is 12.8. The van der Waals surface area contributed by atoms with Crippen LogP contribution in [0, 0.1) is 5.92 Å². The number of nitrogens with one attached hydrogen (secondary N) is 1. The van der Waals surface area contributed by atoms with E-state index in [-0.39, 0.29) is 36.0 Å². The van der Waals surface area contributed by atoms with E-state index in [1.54, 1.807) is 30.3 Å². The lowest BCUT2D eigenvalue weighted by Gasteiger charge is -2.20. The molecule has 9 heteroatoms.